The molecule has 0 radical (unpaired) electrons. The number of aryl methyl sites for hydroxylation is 1. The fourth-order valence-corrected chi connectivity index (χ4v) is 2.77. The molecule has 0 aliphatic carbocycles. The van der Waals surface area contributed by atoms with E-state index in [0.29, 0.717) is 13.0 Å². The molecule has 0 saturated carbocycles. The first-order chi connectivity index (χ1) is 8.79. The Morgan fingerprint density at radius 2 is 2.17 bits per heavy atom. The Kier molecular flexibility index (Phi) is 2.81. The molecule has 3 rings (SSSR count). The van der Waals surface area contributed by atoms with E-state index in [1.165, 1.54) is 10.4 Å². The van der Waals surface area contributed by atoms with Crippen molar-refractivity contribution >= 4 is 17.0 Å². The number of nitrogens with zero attached hydrogens (tertiary/aromatic N) is 4. The summed E-state index contributed by atoms with van der Waals surface area (Å²) in [4.78, 5) is 1.18. The minimum Gasteiger partial charge on any atom is -0.330 e. The molecule has 18 heavy (non-hydrogen) atoms. The molecule has 0 aliphatic rings. The quantitative estimate of drug-likeness (QED) is 0.776. The fraction of sp³-hybridized carbons (Fsp3) is 0.250. The molecule has 0 unspecified atom stereocenters. The van der Waals surface area contributed by atoms with E-state index in [-0.39, 0.29) is 0 Å². The van der Waals surface area contributed by atoms with Gasteiger partial charge in [-0.2, -0.15) is 9.61 Å². The van der Waals surface area contributed by atoms with Crippen LogP contribution in [0.15, 0.2) is 23.6 Å². The second kappa shape index (κ2) is 4.47. The summed E-state index contributed by atoms with van der Waals surface area (Å²) in [5.74, 6) is 0.809. The van der Waals surface area contributed by atoms with Crippen molar-refractivity contribution in [1.29, 1.82) is 0 Å². The third-order valence-corrected chi connectivity index (χ3v) is 3.83. The van der Waals surface area contributed by atoms with Gasteiger partial charge in [0.25, 0.3) is 0 Å². The van der Waals surface area contributed by atoms with Crippen LogP contribution in [-0.2, 0) is 6.42 Å². The average Bonchev–Trinajstić information content (AvgIpc) is 2.96. The predicted octanol–water partition coefficient (Wildman–Crippen LogP) is 1.66. The molecule has 3 aromatic rings. The summed E-state index contributed by atoms with van der Waals surface area (Å²) in [6.45, 7) is 2.63. The lowest BCUT2D eigenvalue weighted by molar-refractivity contribution is 0.793. The molecule has 0 aromatic carbocycles. The highest BCUT2D eigenvalue weighted by Crippen LogP contribution is 2.27. The monoisotopic (exact) mass is 259 g/mol. The topological polar surface area (TPSA) is 69.1 Å². The highest BCUT2D eigenvalue weighted by Gasteiger charge is 2.10. The number of fused-ring (bicyclic) bond motifs is 1. The third kappa shape index (κ3) is 1.79. The normalized spacial score (nSPS) is 11.2. The van der Waals surface area contributed by atoms with Crippen molar-refractivity contribution in [3.8, 4) is 10.6 Å². The first-order valence-corrected chi connectivity index (χ1v) is 6.63. The SMILES string of the molecule is Cc1ccsc1-c1ccc2nnc(CCN)n2n1. The van der Waals surface area contributed by atoms with E-state index in [1.807, 2.05) is 12.1 Å². The summed E-state index contributed by atoms with van der Waals surface area (Å²) in [6, 6.07) is 6.02. The van der Waals surface area contributed by atoms with Crippen LogP contribution < -0.4 is 5.73 Å². The maximum Gasteiger partial charge on any atom is 0.177 e. The molecule has 5 nitrogen and oxygen atoms in total. The molecule has 0 amide bonds. The van der Waals surface area contributed by atoms with E-state index in [9.17, 15) is 0 Å². The van der Waals surface area contributed by atoms with E-state index in [1.54, 1.807) is 15.9 Å². The highest BCUT2D eigenvalue weighted by molar-refractivity contribution is 7.13. The van der Waals surface area contributed by atoms with E-state index in [0.717, 1.165) is 17.2 Å². The molecule has 3 aromatic heterocycles. The molecule has 0 spiro atoms. The summed E-state index contributed by atoms with van der Waals surface area (Å²) < 4.78 is 1.78. The maximum absolute atomic E-state index is 5.56. The Morgan fingerprint density at radius 1 is 1.28 bits per heavy atom. The lowest BCUT2D eigenvalue weighted by Crippen LogP contribution is -2.08. The van der Waals surface area contributed by atoms with Crippen LogP contribution in [0, 0.1) is 6.92 Å². The van der Waals surface area contributed by atoms with E-state index >= 15 is 0 Å². The van der Waals surface area contributed by atoms with Gasteiger partial charge in [-0.3, -0.25) is 0 Å². The van der Waals surface area contributed by atoms with Crippen LogP contribution in [-0.4, -0.2) is 26.4 Å². The van der Waals surface area contributed by atoms with Crippen LogP contribution in [0.1, 0.15) is 11.4 Å². The summed E-state index contributed by atoms with van der Waals surface area (Å²) in [5, 5.41) is 14.9. The second-order valence-electron chi connectivity index (χ2n) is 4.08. The predicted molar refractivity (Wildman–Crippen MR) is 71.6 cm³/mol. The van der Waals surface area contributed by atoms with Crippen LogP contribution in [0.25, 0.3) is 16.2 Å². The van der Waals surface area contributed by atoms with Crippen LogP contribution in [0.5, 0.6) is 0 Å². The summed E-state index contributed by atoms with van der Waals surface area (Å²) in [6.07, 6.45) is 0.682. The highest BCUT2D eigenvalue weighted by atomic mass is 32.1. The molecular formula is C12H13N5S. The number of hydrogen-bond donors (Lipinski definition) is 1. The molecule has 0 saturated heterocycles. The zero-order chi connectivity index (χ0) is 12.5. The Balaban J connectivity index is 2.15. The van der Waals surface area contributed by atoms with Gasteiger partial charge in [-0.1, -0.05) is 0 Å². The standard InChI is InChI=1S/C12H13N5S/c1-8-5-7-18-12(8)9-2-3-10-14-15-11(4-6-13)17(10)16-9/h2-3,5,7H,4,6,13H2,1H3. The van der Waals surface area contributed by atoms with Gasteiger partial charge in [-0.05, 0) is 42.6 Å². The zero-order valence-corrected chi connectivity index (χ0v) is 10.8. The van der Waals surface area contributed by atoms with Crippen molar-refractivity contribution in [2.45, 2.75) is 13.3 Å². The van der Waals surface area contributed by atoms with Gasteiger partial charge in [0.1, 0.15) is 5.69 Å². The minimum absolute atomic E-state index is 0.546. The van der Waals surface area contributed by atoms with Crippen molar-refractivity contribution < 1.29 is 0 Å². The van der Waals surface area contributed by atoms with Crippen molar-refractivity contribution in [3.05, 3.63) is 35.0 Å². The number of hydrogen-bond acceptors (Lipinski definition) is 5. The Bertz CT molecular complexity index is 685. The van der Waals surface area contributed by atoms with Gasteiger partial charge in [0.05, 0.1) is 4.88 Å². The van der Waals surface area contributed by atoms with E-state index < -0.39 is 0 Å². The van der Waals surface area contributed by atoms with Gasteiger partial charge in [0, 0.05) is 6.42 Å². The van der Waals surface area contributed by atoms with E-state index in [2.05, 4.69) is 33.7 Å². The molecular weight excluding hydrogens is 246 g/mol. The molecule has 0 bridgehead atoms. The van der Waals surface area contributed by atoms with Gasteiger partial charge in [0.15, 0.2) is 11.5 Å². The summed E-state index contributed by atoms with van der Waals surface area (Å²) in [5.41, 5.74) is 8.51. The van der Waals surface area contributed by atoms with Gasteiger partial charge in [0.2, 0.25) is 0 Å². The molecule has 0 fully saturated rings. The average molecular weight is 259 g/mol. The molecule has 0 aliphatic heterocycles. The molecule has 92 valence electrons. The lowest BCUT2D eigenvalue weighted by atomic mass is 10.2. The Morgan fingerprint density at radius 3 is 2.89 bits per heavy atom. The largest absolute Gasteiger partial charge is 0.330 e. The summed E-state index contributed by atoms with van der Waals surface area (Å²) in [7, 11) is 0. The summed E-state index contributed by atoms with van der Waals surface area (Å²) >= 11 is 1.69. The smallest absolute Gasteiger partial charge is 0.177 e. The van der Waals surface area contributed by atoms with Gasteiger partial charge in [-0.25, -0.2) is 0 Å². The van der Waals surface area contributed by atoms with Crippen LogP contribution >= 0.6 is 11.3 Å². The van der Waals surface area contributed by atoms with Crippen LogP contribution in [0.2, 0.25) is 0 Å². The van der Waals surface area contributed by atoms with Gasteiger partial charge >= 0.3 is 0 Å². The number of thiophene rings is 1. The second-order valence-corrected chi connectivity index (χ2v) is 4.99. The first-order valence-electron chi connectivity index (χ1n) is 5.75. The first kappa shape index (κ1) is 11.3. The number of nitrogens with two attached hydrogens (primary N) is 1. The van der Waals surface area contributed by atoms with E-state index in [4.69, 9.17) is 5.73 Å². The Labute approximate surface area is 108 Å². The van der Waals surface area contributed by atoms with Crippen molar-refractivity contribution in [2.75, 3.05) is 6.54 Å². The molecule has 0 atom stereocenters. The van der Waals surface area contributed by atoms with Crippen molar-refractivity contribution in [3.63, 3.8) is 0 Å². The van der Waals surface area contributed by atoms with Crippen LogP contribution in [0.3, 0.4) is 0 Å². The van der Waals surface area contributed by atoms with Crippen molar-refractivity contribution in [2.24, 2.45) is 5.73 Å². The molecule has 6 heteroatoms. The molecule has 3 heterocycles. The minimum atomic E-state index is 0.546. The molecule has 2 N–H and O–H groups in total. The van der Waals surface area contributed by atoms with Gasteiger partial charge in [-0.15, -0.1) is 21.5 Å². The fourth-order valence-electron chi connectivity index (χ4n) is 1.87. The third-order valence-electron chi connectivity index (χ3n) is 2.79. The van der Waals surface area contributed by atoms with Crippen molar-refractivity contribution in [1.82, 2.24) is 19.8 Å². The number of rotatable bonds is 3. The Hall–Kier alpha value is -1.79. The van der Waals surface area contributed by atoms with Crippen LogP contribution in [0.4, 0.5) is 0 Å². The lowest BCUT2D eigenvalue weighted by Gasteiger charge is -2.01. The number of aromatic nitrogens is 4. The van der Waals surface area contributed by atoms with Gasteiger partial charge < -0.3 is 5.73 Å². The maximum atomic E-state index is 5.56. The zero-order valence-electron chi connectivity index (χ0n) is 10.00.